The van der Waals surface area contributed by atoms with Gasteiger partial charge in [-0.2, -0.15) is 0 Å². The minimum atomic E-state index is -0.244. The first-order valence-electron chi connectivity index (χ1n) is 4.66. The molecule has 0 bridgehead atoms. The molecule has 0 aliphatic heterocycles. The Morgan fingerprint density at radius 2 is 2.33 bits per heavy atom. The summed E-state index contributed by atoms with van der Waals surface area (Å²) in [5.41, 5.74) is 0. The normalized spacial score (nSPS) is 32.2. The van der Waals surface area contributed by atoms with Gasteiger partial charge in [0.25, 0.3) is 0 Å². The number of hydrogen-bond donors (Lipinski definition) is 2. The zero-order chi connectivity index (χ0) is 8.97. The van der Waals surface area contributed by atoms with E-state index in [4.69, 9.17) is 9.84 Å². The standard InChI is InChI=1S/C9H19NO2/c1-7(11)6-10-8-3-4-9(5-8)12-2/h7-11H,3-6H2,1-2H3/t7-,8?,9?/m0/s1. The van der Waals surface area contributed by atoms with Crippen LogP contribution in [0.5, 0.6) is 0 Å². The highest BCUT2D eigenvalue weighted by atomic mass is 16.5. The summed E-state index contributed by atoms with van der Waals surface area (Å²) in [5.74, 6) is 0. The third-order valence-electron chi connectivity index (χ3n) is 2.42. The summed E-state index contributed by atoms with van der Waals surface area (Å²) in [4.78, 5) is 0. The van der Waals surface area contributed by atoms with E-state index >= 15 is 0 Å². The van der Waals surface area contributed by atoms with Crippen LogP contribution in [0.3, 0.4) is 0 Å². The summed E-state index contributed by atoms with van der Waals surface area (Å²) < 4.78 is 5.25. The van der Waals surface area contributed by atoms with E-state index < -0.39 is 0 Å². The molecule has 2 N–H and O–H groups in total. The molecule has 0 saturated heterocycles. The van der Waals surface area contributed by atoms with Crippen molar-refractivity contribution in [1.29, 1.82) is 0 Å². The highest BCUT2D eigenvalue weighted by Crippen LogP contribution is 2.21. The van der Waals surface area contributed by atoms with E-state index in [0.717, 1.165) is 12.8 Å². The topological polar surface area (TPSA) is 41.5 Å². The molecular weight excluding hydrogens is 154 g/mol. The second-order valence-electron chi connectivity index (χ2n) is 3.62. The Morgan fingerprint density at radius 3 is 2.83 bits per heavy atom. The van der Waals surface area contributed by atoms with Crippen LogP contribution in [0.2, 0.25) is 0 Å². The predicted molar refractivity (Wildman–Crippen MR) is 48.1 cm³/mol. The van der Waals surface area contributed by atoms with Crippen LogP contribution < -0.4 is 5.32 Å². The highest BCUT2D eigenvalue weighted by Gasteiger charge is 2.23. The fraction of sp³-hybridized carbons (Fsp3) is 1.00. The summed E-state index contributed by atoms with van der Waals surface area (Å²) in [7, 11) is 1.77. The summed E-state index contributed by atoms with van der Waals surface area (Å²) >= 11 is 0. The first-order valence-corrected chi connectivity index (χ1v) is 4.66. The quantitative estimate of drug-likeness (QED) is 0.651. The third kappa shape index (κ3) is 3.09. The van der Waals surface area contributed by atoms with Gasteiger partial charge in [0.05, 0.1) is 12.2 Å². The molecule has 3 atom stereocenters. The van der Waals surface area contributed by atoms with Crippen molar-refractivity contribution in [2.75, 3.05) is 13.7 Å². The van der Waals surface area contributed by atoms with Gasteiger partial charge in [-0.1, -0.05) is 0 Å². The number of nitrogens with one attached hydrogen (secondary N) is 1. The van der Waals surface area contributed by atoms with Gasteiger partial charge in [-0.05, 0) is 26.2 Å². The minimum absolute atomic E-state index is 0.244. The molecule has 12 heavy (non-hydrogen) atoms. The van der Waals surface area contributed by atoms with Gasteiger partial charge in [-0.25, -0.2) is 0 Å². The molecule has 0 spiro atoms. The van der Waals surface area contributed by atoms with Crippen molar-refractivity contribution in [3.63, 3.8) is 0 Å². The minimum Gasteiger partial charge on any atom is -0.392 e. The van der Waals surface area contributed by atoms with Gasteiger partial charge in [0.2, 0.25) is 0 Å². The van der Waals surface area contributed by atoms with Crippen LogP contribution in [0.1, 0.15) is 26.2 Å². The van der Waals surface area contributed by atoms with Crippen molar-refractivity contribution in [2.45, 2.75) is 44.4 Å². The maximum Gasteiger partial charge on any atom is 0.0636 e. The van der Waals surface area contributed by atoms with E-state index in [-0.39, 0.29) is 6.10 Å². The predicted octanol–water partition coefficient (Wildman–Crippen LogP) is 0.524. The number of aliphatic hydroxyl groups excluding tert-OH is 1. The van der Waals surface area contributed by atoms with Crippen LogP contribution in [0.15, 0.2) is 0 Å². The summed E-state index contributed by atoms with van der Waals surface area (Å²) in [6.07, 6.45) is 3.59. The van der Waals surface area contributed by atoms with Gasteiger partial charge in [0, 0.05) is 19.7 Å². The fourth-order valence-corrected chi connectivity index (χ4v) is 1.68. The fourth-order valence-electron chi connectivity index (χ4n) is 1.68. The average molecular weight is 173 g/mol. The largest absolute Gasteiger partial charge is 0.392 e. The lowest BCUT2D eigenvalue weighted by Crippen LogP contribution is -2.33. The van der Waals surface area contributed by atoms with Crippen molar-refractivity contribution >= 4 is 0 Å². The third-order valence-corrected chi connectivity index (χ3v) is 2.42. The number of methoxy groups -OCH3 is 1. The van der Waals surface area contributed by atoms with Crippen LogP contribution in [0, 0.1) is 0 Å². The summed E-state index contributed by atoms with van der Waals surface area (Å²) in [5, 5.41) is 12.4. The van der Waals surface area contributed by atoms with Crippen LogP contribution >= 0.6 is 0 Å². The monoisotopic (exact) mass is 173 g/mol. The molecule has 0 aromatic heterocycles. The van der Waals surface area contributed by atoms with Gasteiger partial charge in [0.1, 0.15) is 0 Å². The molecule has 1 aliphatic carbocycles. The molecule has 72 valence electrons. The second-order valence-corrected chi connectivity index (χ2v) is 3.62. The molecule has 3 heteroatoms. The molecule has 0 heterocycles. The lowest BCUT2D eigenvalue weighted by atomic mass is 10.2. The number of ether oxygens (including phenoxy) is 1. The highest BCUT2D eigenvalue weighted by molar-refractivity contribution is 4.81. The van der Waals surface area contributed by atoms with Crippen molar-refractivity contribution < 1.29 is 9.84 Å². The Labute approximate surface area is 74.1 Å². The molecule has 3 nitrogen and oxygen atoms in total. The molecule has 0 aromatic carbocycles. The molecular formula is C9H19NO2. The van der Waals surface area contributed by atoms with Gasteiger partial charge in [0.15, 0.2) is 0 Å². The van der Waals surface area contributed by atoms with E-state index in [0.29, 0.717) is 18.7 Å². The molecule has 2 unspecified atom stereocenters. The zero-order valence-corrected chi connectivity index (χ0v) is 7.92. The van der Waals surface area contributed by atoms with E-state index in [1.165, 1.54) is 6.42 Å². The SMILES string of the molecule is COC1CCC(NC[C@H](C)O)C1. The van der Waals surface area contributed by atoms with Crippen LogP contribution in [-0.4, -0.2) is 37.0 Å². The molecule has 1 fully saturated rings. The van der Waals surface area contributed by atoms with E-state index in [1.54, 1.807) is 14.0 Å². The Bertz CT molecular complexity index is 128. The Hall–Kier alpha value is -0.120. The average Bonchev–Trinajstić information content (AvgIpc) is 2.48. The molecule has 1 rings (SSSR count). The zero-order valence-electron chi connectivity index (χ0n) is 7.92. The van der Waals surface area contributed by atoms with Crippen molar-refractivity contribution in [3.05, 3.63) is 0 Å². The first-order chi connectivity index (χ1) is 5.72. The summed E-state index contributed by atoms with van der Waals surface area (Å²) in [6.45, 7) is 2.50. The molecule has 0 aromatic rings. The molecule has 0 amide bonds. The summed E-state index contributed by atoms with van der Waals surface area (Å²) in [6, 6.07) is 0.546. The molecule has 1 aliphatic rings. The number of hydrogen-bond acceptors (Lipinski definition) is 3. The van der Waals surface area contributed by atoms with Gasteiger partial charge in [-0.15, -0.1) is 0 Å². The van der Waals surface area contributed by atoms with Crippen LogP contribution in [0.4, 0.5) is 0 Å². The van der Waals surface area contributed by atoms with Gasteiger partial charge < -0.3 is 15.2 Å². The van der Waals surface area contributed by atoms with Crippen molar-refractivity contribution in [1.82, 2.24) is 5.32 Å². The first kappa shape index (κ1) is 9.96. The van der Waals surface area contributed by atoms with E-state index in [9.17, 15) is 0 Å². The molecule has 0 radical (unpaired) electrons. The maximum atomic E-state index is 9.04. The van der Waals surface area contributed by atoms with Gasteiger partial charge in [-0.3, -0.25) is 0 Å². The number of rotatable bonds is 4. The van der Waals surface area contributed by atoms with Crippen LogP contribution in [-0.2, 0) is 4.74 Å². The smallest absolute Gasteiger partial charge is 0.0636 e. The number of aliphatic hydroxyl groups is 1. The Morgan fingerprint density at radius 1 is 1.58 bits per heavy atom. The van der Waals surface area contributed by atoms with Crippen molar-refractivity contribution in [2.24, 2.45) is 0 Å². The van der Waals surface area contributed by atoms with Crippen molar-refractivity contribution in [3.8, 4) is 0 Å². The lowest BCUT2D eigenvalue weighted by Gasteiger charge is -2.13. The van der Waals surface area contributed by atoms with Gasteiger partial charge >= 0.3 is 0 Å². The maximum absolute atomic E-state index is 9.04. The van der Waals surface area contributed by atoms with E-state index in [2.05, 4.69) is 5.32 Å². The Kier molecular flexibility index (Phi) is 3.98. The van der Waals surface area contributed by atoms with E-state index in [1.807, 2.05) is 0 Å². The second kappa shape index (κ2) is 4.80. The Balaban J connectivity index is 2.11. The lowest BCUT2D eigenvalue weighted by molar-refractivity contribution is 0.106. The van der Waals surface area contributed by atoms with Crippen LogP contribution in [0.25, 0.3) is 0 Å². The molecule has 1 saturated carbocycles.